The predicted molar refractivity (Wildman–Crippen MR) is 87.8 cm³/mol. The van der Waals surface area contributed by atoms with Crippen molar-refractivity contribution in [2.24, 2.45) is 0 Å². The maximum absolute atomic E-state index is 12.2. The highest BCUT2D eigenvalue weighted by Gasteiger charge is 2.21. The van der Waals surface area contributed by atoms with Gasteiger partial charge in [-0.25, -0.2) is 13.1 Å². The summed E-state index contributed by atoms with van der Waals surface area (Å²) in [6.07, 6.45) is 0.185. The second kappa shape index (κ2) is 7.39. The third-order valence-corrected chi connectivity index (χ3v) is 5.03. The van der Waals surface area contributed by atoms with Crippen LogP contribution in [0.1, 0.15) is 23.5 Å². The van der Waals surface area contributed by atoms with Gasteiger partial charge in [0.2, 0.25) is 10.0 Å². The lowest BCUT2D eigenvalue weighted by Crippen LogP contribution is -2.27. The van der Waals surface area contributed by atoms with Crippen molar-refractivity contribution in [1.29, 1.82) is 0 Å². The van der Waals surface area contributed by atoms with E-state index >= 15 is 0 Å². The minimum absolute atomic E-state index is 0.0576. The number of carboxylic acid groups (broad SMARTS) is 1. The predicted octanol–water partition coefficient (Wildman–Crippen LogP) is 2.53. The Morgan fingerprint density at radius 3 is 2.26 bits per heavy atom. The second-order valence-electron chi connectivity index (χ2n) is 5.30. The number of hydrogen-bond acceptors (Lipinski definition) is 3. The molecule has 0 heterocycles. The van der Waals surface area contributed by atoms with Crippen LogP contribution in [0.2, 0.25) is 0 Å². The van der Waals surface area contributed by atoms with E-state index in [2.05, 4.69) is 4.72 Å². The van der Waals surface area contributed by atoms with Crippen LogP contribution >= 0.6 is 0 Å². The van der Waals surface area contributed by atoms with Gasteiger partial charge in [0.15, 0.2) is 0 Å². The van der Waals surface area contributed by atoms with Gasteiger partial charge in [0.25, 0.3) is 0 Å². The molecule has 1 unspecified atom stereocenters. The minimum atomic E-state index is -3.62. The van der Waals surface area contributed by atoms with Gasteiger partial charge in [-0.1, -0.05) is 48.0 Å². The Kier molecular flexibility index (Phi) is 5.52. The Labute approximate surface area is 136 Å². The molecule has 5 nitrogen and oxygen atoms in total. The summed E-state index contributed by atoms with van der Waals surface area (Å²) in [6.45, 7) is 1.93. The minimum Gasteiger partial charge on any atom is -0.481 e. The van der Waals surface area contributed by atoms with E-state index in [-0.39, 0.29) is 17.9 Å². The normalized spacial score (nSPS) is 12.7. The van der Waals surface area contributed by atoms with Gasteiger partial charge in [-0.15, -0.1) is 0 Å². The molecular formula is C17H19NO4S. The zero-order chi connectivity index (χ0) is 16.9. The van der Waals surface area contributed by atoms with Crippen molar-refractivity contribution in [3.63, 3.8) is 0 Å². The second-order valence-corrected chi connectivity index (χ2v) is 7.07. The Morgan fingerprint density at radius 2 is 1.70 bits per heavy atom. The summed E-state index contributed by atoms with van der Waals surface area (Å²) in [5.41, 5.74) is 1.63. The van der Waals surface area contributed by atoms with Crippen LogP contribution in [0.15, 0.2) is 59.5 Å². The van der Waals surface area contributed by atoms with Crippen molar-refractivity contribution in [1.82, 2.24) is 4.72 Å². The monoisotopic (exact) mass is 333 g/mol. The summed E-state index contributed by atoms with van der Waals surface area (Å²) in [5, 5.41) is 9.33. The van der Waals surface area contributed by atoms with Crippen LogP contribution in [0.25, 0.3) is 0 Å². The summed E-state index contributed by atoms with van der Waals surface area (Å²) in [7, 11) is -3.62. The van der Waals surface area contributed by atoms with Crippen molar-refractivity contribution in [3.05, 3.63) is 65.7 Å². The van der Waals surface area contributed by atoms with E-state index in [4.69, 9.17) is 0 Å². The zero-order valence-electron chi connectivity index (χ0n) is 12.8. The first-order valence-corrected chi connectivity index (χ1v) is 8.72. The molecule has 0 aliphatic heterocycles. The quantitative estimate of drug-likeness (QED) is 0.815. The number of aryl methyl sites for hydroxylation is 1. The van der Waals surface area contributed by atoms with Gasteiger partial charge >= 0.3 is 5.97 Å². The van der Waals surface area contributed by atoms with Gasteiger partial charge in [0.05, 0.1) is 10.8 Å². The molecule has 122 valence electrons. The van der Waals surface area contributed by atoms with E-state index in [1.165, 1.54) is 12.1 Å². The number of nitrogens with one attached hydrogen (secondary N) is 1. The summed E-state index contributed by atoms with van der Waals surface area (Å²) in [4.78, 5) is 11.6. The lowest BCUT2D eigenvalue weighted by Gasteiger charge is -2.13. The lowest BCUT2D eigenvalue weighted by atomic mass is 9.96. The molecule has 0 spiro atoms. The summed E-state index contributed by atoms with van der Waals surface area (Å²) < 4.78 is 26.8. The highest BCUT2D eigenvalue weighted by Crippen LogP contribution is 2.19. The smallest absolute Gasteiger partial charge is 0.311 e. The molecule has 0 bridgehead atoms. The Bertz CT molecular complexity index is 755. The van der Waals surface area contributed by atoms with Gasteiger partial charge < -0.3 is 5.11 Å². The van der Waals surface area contributed by atoms with Crippen LogP contribution in [0.4, 0.5) is 0 Å². The molecular weight excluding hydrogens is 314 g/mol. The van der Waals surface area contributed by atoms with Gasteiger partial charge in [-0.05, 0) is 31.0 Å². The van der Waals surface area contributed by atoms with Crippen molar-refractivity contribution in [2.45, 2.75) is 24.2 Å². The molecule has 0 saturated heterocycles. The third kappa shape index (κ3) is 4.64. The van der Waals surface area contributed by atoms with E-state index in [0.717, 1.165) is 5.56 Å². The largest absolute Gasteiger partial charge is 0.481 e. The molecule has 0 amide bonds. The molecule has 2 rings (SSSR count). The molecule has 2 aromatic carbocycles. The number of aliphatic carboxylic acids is 1. The molecule has 2 aromatic rings. The van der Waals surface area contributed by atoms with Gasteiger partial charge in [-0.3, -0.25) is 4.79 Å². The van der Waals surface area contributed by atoms with Crippen LogP contribution in [-0.4, -0.2) is 26.0 Å². The molecule has 0 aliphatic rings. The highest BCUT2D eigenvalue weighted by atomic mass is 32.2. The zero-order valence-corrected chi connectivity index (χ0v) is 13.6. The molecule has 0 radical (unpaired) electrons. The summed E-state index contributed by atoms with van der Waals surface area (Å²) in [6, 6.07) is 15.3. The van der Waals surface area contributed by atoms with Crippen LogP contribution in [0, 0.1) is 6.92 Å². The fourth-order valence-electron chi connectivity index (χ4n) is 2.26. The maximum Gasteiger partial charge on any atom is 0.311 e. The lowest BCUT2D eigenvalue weighted by molar-refractivity contribution is -0.138. The Balaban J connectivity index is 2.02. The third-order valence-electron chi connectivity index (χ3n) is 3.56. The maximum atomic E-state index is 12.2. The number of benzene rings is 2. The van der Waals surface area contributed by atoms with E-state index < -0.39 is 21.9 Å². The van der Waals surface area contributed by atoms with Crippen LogP contribution < -0.4 is 4.72 Å². The van der Waals surface area contributed by atoms with Gasteiger partial charge in [0.1, 0.15) is 0 Å². The summed E-state index contributed by atoms with van der Waals surface area (Å²) >= 11 is 0. The van der Waals surface area contributed by atoms with Crippen molar-refractivity contribution >= 4 is 16.0 Å². The topological polar surface area (TPSA) is 83.5 Å². The fourth-order valence-corrected chi connectivity index (χ4v) is 3.30. The Morgan fingerprint density at radius 1 is 1.09 bits per heavy atom. The SMILES string of the molecule is Cc1ccc(S(=O)(=O)NCCC(C(=O)O)c2ccccc2)cc1. The number of hydrogen-bond donors (Lipinski definition) is 2. The van der Waals surface area contributed by atoms with E-state index in [0.29, 0.717) is 5.56 Å². The molecule has 0 aliphatic carbocycles. The average Bonchev–Trinajstić information content (AvgIpc) is 2.52. The first-order chi connectivity index (χ1) is 10.9. The van der Waals surface area contributed by atoms with Crippen molar-refractivity contribution < 1.29 is 18.3 Å². The highest BCUT2D eigenvalue weighted by molar-refractivity contribution is 7.89. The van der Waals surface area contributed by atoms with E-state index in [9.17, 15) is 18.3 Å². The number of sulfonamides is 1. The van der Waals surface area contributed by atoms with Crippen LogP contribution in [0.5, 0.6) is 0 Å². The number of rotatable bonds is 7. The van der Waals surface area contributed by atoms with Gasteiger partial charge in [0, 0.05) is 6.54 Å². The van der Waals surface area contributed by atoms with Crippen molar-refractivity contribution in [3.8, 4) is 0 Å². The molecule has 2 N–H and O–H groups in total. The first kappa shape index (κ1) is 17.2. The fraction of sp³-hybridized carbons (Fsp3) is 0.235. The van der Waals surface area contributed by atoms with Crippen molar-refractivity contribution in [2.75, 3.05) is 6.54 Å². The van der Waals surface area contributed by atoms with Gasteiger partial charge in [-0.2, -0.15) is 0 Å². The average molecular weight is 333 g/mol. The molecule has 0 aromatic heterocycles. The Hall–Kier alpha value is -2.18. The standard InChI is InChI=1S/C17H19NO4S/c1-13-7-9-15(10-8-13)23(21,22)18-12-11-16(17(19)20)14-5-3-2-4-6-14/h2-10,16,18H,11-12H2,1H3,(H,19,20). The molecule has 0 saturated carbocycles. The molecule has 6 heteroatoms. The van der Waals surface area contributed by atoms with Crippen LogP contribution in [-0.2, 0) is 14.8 Å². The summed E-state index contributed by atoms with van der Waals surface area (Å²) in [5.74, 6) is -1.71. The number of carbonyl (C=O) groups is 1. The first-order valence-electron chi connectivity index (χ1n) is 7.24. The molecule has 0 fully saturated rings. The molecule has 1 atom stereocenters. The van der Waals surface area contributed by atoms with E-state index in [1.54, 1.807) is 36.4 Å². The molecule has 23 heavy (non-hydrogen) atoms. The van der Waals surface area contributed by atoms with E-state index in [1.807, 2.05) is 13.0 Å². The number of carboxylic acids is 1. The van der Waals surface area contributed by atoms with Crippen LogP contribution in [0.3, 0.4) is 0 Å².